The smallest absolute Gasteiger partial charge is 0.303 e. The van der Waals surface area contributed by atoms with Crippen molar-refractivity contribution < 1.29 is 61.7 Å². The number of aliphatic hydroxyl groups is 1. The summed E-state index contributed by atoms with van der Waals surface area (Å²) in [5.74, 6) is 0.0903. The quantitative estimate of drug-likeness (QED) is 0.0430. The Morgan fingerprint density at radius 3 is 1.19 bits per heavy atom. The molecule has 13 nitrogen and oxygen atoms in total. The van der Waals surface area contributed by atoms with Gasteiger partial charge in [0.2, 0.25) is 0 Å². The van der Waals surface area contributed by atoms with Crippen molar-refractivity contribution in [3.63, 3.8) is 0 Å². The zero-order chi connectivity index (χ0) is 54.2. The average Bonchev–Trinajstić information content (AvgIpc) is 3.47. The predicted molar refractivity (Wildman–Crippen MR) is 295 cm³/mol. The molecule has 77 heavy (non-hydrogen) atoms. The van der Waals surface area contributed by atoms with Gasteiger partial charge in [0, 0.05) is 6.92 Å². The predicted octanol–water partition coefficient (Wildman–Crippen LogP) is 10.9. The molecule has 2 aliphatic rings. The van der Waals surface area contributed by atoms with Gasteiger partial charge in [0.15, 0.2) is 20.7 Å². The number of hydrogen-bond donors (Lipinski definition) is 1. The number of ether oxygens (including phenoxy) is 10. The minimum absolute atomic E-state index is 0.0536. The summed E-state index contributed by atoms with van der Waals surface area (Å²) in [6.45, 7) is 13.2. The number of benzene rings is 6. The standard InChI is InChI=1S/C63H76O13Si/c1-44(64)74-61-57(70-39-47-27-17-10-18-28-47)54(67-37-45-23-13-8-14-24-45)52(43-73-77(6,7)63(2,3)4)75-62(61)76-60-56(69-42-50-33-35-51(66-5)36-34-50)53(65)55(68-38-46-25-15-9-16-26-46)58(71-40-48-29-19-11-20-30-48)59(60)72-41-49-31-21-12-22-32-49/h8-36,52-62,65H,37-43H2,1-7H3/t52-,53-,54-,55-,56+,57+,58+,59-,60+,61+,62-/m1/s1. The van der Waals surface area contributed by atoms with Crippen LogP contribution in [0.15, 0.2) is 176 Å². The van der Waals surface area contributed by atoms with Gasteiger partial charge in [-0.05, 0) is 63.6 Å². The van der Waals surface area contributed by atoms with Crippen LogP contribution in [0, 0.1) is 0 Å². The van der Waals surface area contributed by atoms with Crippen LogP contribution in [-0.4, -0.2) is 100 Å². The summed E-state index contributed by atoms with van der Waals surface area (Å²) < 4.78 is 75.1. The van der Waals surface area contributed by atoms with Crippen molar-refractivity contribution in [3.05, 3.63) is 209 Å². The molecule has 0 bridgehead atoms. The maximum atomic E-state index is 13.6. The van der Waals surface area contributed by atoms with Crippen molar-refractivity contribution in [2.24, 2.45) is 0 Å². The van der Waals surface area contributed by atoms with Crippen LogP contribution in [0.3, 0.4) is 0 Å². The number of aliphatic hydroxyl groups excluding tert-OH is 1. The molecule has 1 saturated carbocycles. The van der Waals surface area contributed by atoms with E-state index in [-0.39, 0.29) is 51.3 Å². The second kappa shape index (κ2) is 27.8. The lowest BCUT2D eigenvalue weighted by molar-refractivity contribution is -0.358. The van der Waals surface area contributed by atoms with Crippen molar-refractivity contribution in [1.82, 2.24) is 0 Å². The van der Waals surface area contributed by atoms with Crippen molar-refractivity contribution >= 4 is 14.3 Å². The molecule has 6 aromatic carbocycles. The van der Waals surface area contributed by atoms with Crippen molar-refractivity contribution in [1.29, 1.82) is 0 Å². The molecule has 0 aromatic heterocycles. The summed E-state index contributed by atoms with van der Waals surface area (Å²) in [7, 11) is -0.816. The topological polar surface area (TPSA) is 139 Å². The van der Waals surface area contributed by atoms with E-state index < -0.39 is 81.6 Å². The minimum Gasteiger partial charge on any atom is -0.497 e. The van der Waals surface area contributed by atoms with Crippen molar-refractivity contribution in [2.45, 2.75) is 153 Å². The summed E-state index contributed by atoms with van der Waals surface area (Å²) >= 11 is 0. The number of rotatable bonds is 25. The van der Waals surface area contributed by atoms with Crippen LogP contribution >= 0.6 is 0 Å². The summed E-state index contributed by atoms with van der Waals surface area (Å²) in [6, 6.07) is 56.5. The summed E-state index contributed by atoms with van der Waals surface area (Å²) in [5, 5.41) is 12.9. The van der Waals surface area contributed by atoms with E-state index in [1.807, 2.05) is 176 Å². The zero-order valence-corrected chi connectivity index (χ0v) is 46.4. The van der Waals surface area contributed by atoms with Gasteiger partial charge in [0.05, 0.1) is 53.4 Å². The molecule has 8 rings (SSSR count). The van der Waals surface area contributed by atoms with Gasteiger partial charge in [0.25, 0.3) is 0 Å². The number of esters is 1. The van der Waals surface area contributed by atoms with Crippen molar-refractivity contribution in [2.75, 3.05) is 13.7 Å². The second-order valence-electron chi connectivity index (χ2n) is 21.2. The van der Waals surface area contributed by atoms with Crippen LogP contribution in [0.1, 0.15) is 61.1 Å². The highest BCUT2D eigenvalue weighted by Crippen LogP contribution is 2.41. The van der Waals surface area contributed by atoms with Crippen LogP contribution < -0.4 is 4.74 Å². The summed E-state index contributed by atoms with van der Waals surface area (Å²) in [4.78, 5) is 13.6. The molecular formula is C63H76O13Si. The van der Waals surface area contributed by atoms with Gasteiger partial charge >= 0.3 is 5.97 Å². The zero-order valence-electron chi connectivity index (χ0n) is 45.4. The lowest BCUT2D eigenvalue weighted by atomic mass is 9.83. The van der Waals surface area contributed by atoms with Crippen molar-refractivity contribution in [3.8, 4) is 5.75 Å². The third-order valence-electron chi connectivity index (χ3n) is 14.6. The normalized spacial score (nSPS) is 24.8. The summed E-state index contributed by atoms with van der Waals surface area (Å²) in [6.07, 6.45) is -11.9. The SMILES string of the molecule is COc1ccc(CO[C@H]2[C@H](O)[C@@H](OCc3ccccc3)[C@H](OCc3ccccc3)[C@@H](OCc3ccccc3)[C@H]2O[C@H]2O[C@H](CO[Si](C)(C)C(C)(C)C)[C@@H](OCc3ccccc3)[C@H](OCc3ccccc3)[C@@H]2OC(C)=O)cc1. The molecule has 6 aromatic rings. The fraction of sp³-hybridized carbons (Fsp3) is 0.413. The van der Waals surface area contributed by atoms with Gasteiger partial charge in [-0.25, -0.2) is 0 Å². The molecule has 0 spiro atoms. The minimum atomic E-state index is -2.43. The largest absolute Gasteiger partial charge is 0.497 e. The fourth-order valence-electron chi connectivity index (χ4n) is 9.30. The van der Waals surface area contributed by atoms with Crippen LogP contribution in [-0.2, 0) is 91.5 Å². The Balaban J connectivity index is 1.25. The maximum absolute atomic E-state index is 13.6. The molecule has 1 saturated heterocycles. The lowest BCUT2D eigenvalue weighted by Crippen LogP contribution is -2.69. The monoisotopic (exact) mass is 1070 g/mol. The van der Waals surface area contributed by atoms with Gasteiger partial charge in [-0.3, -0.25) is 4.79 Å². The first-order chi connectivity index (χ1) is 37.3. The van der Waals surface area contributed by atoms with Crippen LogP contribution in [0.2, 0.25) is 18.1 Å². The molecule has 0 radical (unpaired) electrons. The first-order valence-electron chi connectivity index (χ1n) is 26.6. The summed E-state index contributed by atoms with van der Waals surface area (Å²) in [5.41, 5.74) is 5.32. The molecule has 11 atom stereocenters. The number of carbonyl (C=O) groups excluding carboxylic acids is 1. The molecule has 0 amide bonds. The third kappa shape index (κ3) is 16.0. The first kappa shape index (κ1) is 57.6. The van der Waals surface area contributed by atoms with Crippen LogP contribution in [0.25, 0.3) is 0 Å². The number of carbonyl (C=O) groups is 1. The Bertz CT molecular complexity index is 2640. The van der Waals surface area contributed by atoms with E-state index in [9.17, 15) is 9.90 Å². The Labute approximate surface area is 455 Å². The van der Waals surface area contributed by atoms with Gasteiger partial charge in [0.1, 0.15) is 60.7 Å². The van der Waals surface area contributed by atoms with E-state index in [0.29, 0.717) is 5.75 Å². The lowest BCUT2D eigenvalue weighted by Gasteiger charge is -2.51. The van der Waals surface area contributed by atoms with Gasteiger partial charge in [-0.15, -0.1) is 0 Å². The van der Waals surface area contributed by atoms with Gasteiger partial charge in [-0.1, -0.05) is 185 Å². The molecule has 1 aliphatic heterocycles. The van der Waals surface area contributed by atoms with E-state index in [4.69, 9.17) is 51.8 Å². The first-order valence-corrected chi connectivity index (χ1v) is 29.5. The molecule has 0 unspecified atom stereocenters. The third-order valence-corrected chi connectivity index (χ3v) is 19.1. The number of hydrogen-bond acceptors (Lipinski definition) is 13. The molecular weight excluding hydrogens is 993 g/mol. The highest BCUT2D eigenvalue weighted by molar-refractivity contribution is 6.74. The average molecular weight is 1070 g/mol. The van der Waals surface area contributed by atoms with Gasteiger partial charge in [-0.2, -0.15) is 0 Å². The number of methoxy groups -OCH3 is 1. The Morgan fingerprint density at radius 1 is 0.481 bits per heavy atom. The highest BCUT2D eigenvalue weighted by atomic mass is 28.4. The fourth-order valence-corrected chi connectivity index (χ4v) is 10.3. The van der Waals surface area contributed by atoms with E-state index >= 15 is 0 Å². The van der Waals surface area contributed by atoms with Crippen LogP contribution in [0.4, 0.5) is 0 Å². The van der Waals surface area contributed by atoms with E-state index in [1.165, 1.54) is 6.92 Å². The molecule has 1 aliphatic carbocycles. The van der Waals surface area contributed by atoms with E-state index in [1.54, 1.807) is 7.11 Å². The van der Waals surface area contributed by atoms with E-state index in [0.717, 1.165) is 33.4 Å². The Morgan fingerprint density at radius 2 is 0.818 bits per heavy atom. The molecule has 410 valence electrons. The molecule has 14 heteroatoms. The molecule has 1 N–H and O–H groups in total. The Hall–Kier alpha value is -5.59. The van der Waals surface area contributed by atoms with E-state index in [2.05, 4.69) is 33.9 Å². The van der Waals surface area contributed by atoms with Gasteiger partial charge < -0.3 is 56.9 Å². The second-order valence-corrected chi connectivity index (χ2v) is 26.0. The Kier molecular flexibility index (Phi) is 20.8. The molecule has 2 fully saturated rings. The highest BCUT2D eigenvalue weighted by Gasteiger charge is 2.58. The molecule has 1 heterocycles. The van der Waals surface area contributed by atoms with Crippen LogP contribution in [0.5, 0.6) is 5.75 Å². The maximum Gasteiger partial charge on any atom is 0.303 e.